The molecule has 0 bridgehead atoms. The molecular formula is C33H59N2O7+. The number of nitrogens with two attached hydrogens (primary N) is 2. The third kappa shape index (κ3) is 7.09. The molecule has 0 aromatic carbocycles. The van der Waals surface area contributed by atoms with Gasteiger partial charge in [0.1, 0.15) is 18.1 Å². The first kappa shape index (κ1) is 32.7. The first-order valence-corrected chi connectivity index (χ1v) is 17.2. The van der Waals surface area contributed by atoms with E-state index in [9.17, 15) is 25.2 Å². The molecule has 242 valence electrons. The highest BCUT2D eigenvalue weighted by Crippen LogP contribution is 2.55. The van der Waals surface area contributed by atoms with Crippen molar-refractivity contribution >= 4 is 5.78 Å². The Bertz CT molecular complexity index is 869. The number of fused-ring (bicyclic) bond motifs is 1. The number of Topliss-reactive ketones (excluding diaryl/α,β-unsaturated/α-hetero) is 1. The van der Waals surface area contributed by atoms with Gasteiger partial charge in [-0.3, -0.25) is 10.5 Å². The summed E-state index contributed by atoms with van der Waals surface area (Å²) in [6.07, 6.45) is 10.2. The lowest BCUT2D eigenvalue weighted by Gasteiger charge is -2.48. The highest BCUT2D eigenvalue weighted by molar-refractivity contribution is 5.82. The number of carbonyl (C=O) groups is 1. The lowest BCUT2D eigenvalue weighted by atomic mass is 9.58. The molecule has 5 rings (SSSR count). The molecule has 3 aliphatic carbocycles. The van der Waals surface area contributed by atoms with Crippen LogP contribution < -0.4 is 11.1 Å². The number of hydrogen-bond acceptors (Lipinski definition) is 8. The number of aliphatic hydroxyl groups excluding tert-OH is 4. The average Bonchev–Trinajstić information content (AvgIpc) is 3.48. The first-order chi connectivity index (χ1) is 20.2. The molecule has 9 heteroatoms. The number of piperidine rings is 1. The summed E-state index contributed by atoms with van der Waals surface area (Å²) in [6, 6.07) is 0. The minimum absolute atomic E-state index is 0.0483. The summed E-state index contributed by atoms with van der Waals surface area (Å²) >= 11 is 0. The summed E-state index contributed by atoms with van der Waals surface area (Å²) in [4.78, 5) is 14.4. The van der Waals surface area contributed by atoms with Crippen LogP contribution in [0, 0.1) is 35.0 Å². The van der Waals surface area contributed by atoms with Crippen LogP contribution in [-0.2, 0) is 14.3 Å². The van der Waals surface area contributed by atoms with Gasteiger partial charge in [0.05, 0.1) is 37.1 Å². The highest BCUT2D eigenvalue weighted by Gasteiger charge is 2.53. The minimum Gasteiger partial charge on any atom is -0.392 e. The van der Waals surface area contributed by atoms with Gasteiger partial charge < -0.3 is 35.2 Å². The normalized spacial score (nSPS) is 42.0. The summed E-state index contributed by atoms with van der Waals surface area (Å²) in [5.74, 6) is 0.944. The van der Waals surface area contributed by atoms with E-state index in [4.69, 9.17) is 15.2 Å². The van der Waals surface area contributed by atoms with Crippen LogP contribution in [0.3, 0.4) is 0 Å². The van der Waals surface area contributed by atoms with Gasteiger partial charge in [0.15, 0.2) is 0 Å². The lowest BCUT2D eigenvalue weighted by molar-refractivity contribution is -0.700. The van der Waals surface area contributed by atoms with E-state index >= 15 is 0 Å². The number of methoxy groups -OCH3 is 1. The fraction of sp³-hybridized carbons (Fsp3) is 0.970. The number of quaternary nitrogens is 1. The third-order valence-corrected chi connectivity index (χ3v) is 12.3. The van der Waals surface area contributed by atoms with Crippen LogP contribution >= 0.6 is 0 Å². The molecule has 42 heavy (non-hydrogen) atoms. The monoisotopic (exact) mass is 595 g/mol. The average molecular weight is 596 g/mol. The Hall–Kier alpha value is -0.650. The number of rotatable bonds is 11. The largest absolute Gasteiger partial charge is 0.392 e. The zero-order chi connectivity index (χ0) is 29.9. The molecule has 9 nitrogen and oxygen atoms in total. The topological polar surface area (TPSA) is 159 Å². The summed E-state index contributed by atoms with van der Waals surface area (Å²) in [5.41, 5.74) is 6.24. The fourth-order valence-corrected chi connectivity index (χ4v) is 10.2. The molecular weight excluding hydrogens is 536 g/mol. The standard InChI is InChI=1S/C33H58N2O7/c1-41-28-18-20(17-27(39)31(28)40)6-9-24(36)30(33(13-2-3-14-33)22-12-15-35-29(34)19-22)25(37)10-7-21-8-11-26(38)32-23(21)5-4-16-42-32/h20-23,25-32,35,37-40H,2-19,34H2,1H3/p+1. The van der Waals surface area contributed by atoms with Crippen molar-refractivity contribution in [3.63, 3.8) is 0 Å². The van der Waals surface area contributed by atoms with Crippen LogP contribution in [0.2, 0.25) is 0 Å². The highest BCUT2D eigenvalue weighted by atomic mass is 16.5. The molecule has 0 aromatic heterocycles. The Balaban J connectivity index is 1.31. The number of hydrogen-bond donors (Lipinski definition) is 6. The second kappa shape index (κ2) is 14.6. The second-order valence-corrected chi connectivity index (χ2v) is 14.7. The summed E-state index contributed by atoms with van der Waals surface area (Å²) in [6.45, 7) is 1.69. The van der Waals surface area contributed by atoms with Crippen molar-refractivity contribution < 1.29 is 40.0 Å². The molecule has 0 spiro atoms. The van der Waals surface area contributed by atoms with Crippen LogP contribution in [0.1, 0.15) is 103 Å². The van der Waals surface area contributed by atoms with Crippen molar-refractivity contribution in [1.29, 1.82) is 0 Å². The van der Waals surface area contributed by atoms with Gasteiger partial charge in [-0.25, -0.2) is 0 Å². The number of ketones is 1. The van der Waals surface area contributed by atoms with Crippen molar-refractivity contribution in [2.24, 2.45) is 40.7 Å². The van der Waals surface area contributed by atoms with Crippen molar-refractivity contribution in [3.8, 4) is 0 Å². The molecule has 2 aliphatic heterocycles. The van der Waals surface area contributed by atoms with Gasteiger partial charge >= 0.3 is 0 Å². The molecule has 0 amide bonds. The van der Waals surface area contributed by atoms with E-state index in [0.717, 1.165) is 83.8 Å². The van der Waals surface area contributed by atoms with Crippen LogP contribution in [-0.4, -0.2) is 89.3 Å². The maximum Gasteiger partial charge on any atom is 0.139 e. The zero-order valence-corrected chi connectivity index (χ0v) is 25.8. The first-order valence-electron chi connectivity index (χ1n) is 17.2. The summed E-state index contributed by atoms with van der Waals surface area (Å²) in [7, 11) is 1.56. The van der Waals surface area contributed by atoms with Crippen molar-refractivity contribution in [2.75, 3.05) is 20.3 Å². The van der Waals surface area contributed by atoms with E-state index in [1.165, 1.54) is 0 Å². The van der Waals surface area contributed by atoms with Gasteiger partial charge in [-0.2, -0.15) is 0 Å². The van der Waals surface area contributed by atoms with E-state index in [-0.39, 0.29) is 29.4 Å². The fourth-order valence-electron chi connectivity index (χ4n) is 10.2. The molecule has 5 aliphatic rings. The van der Waals surface area contributed by atoms with E-state index in [1.807, 2.05) is 0 Å². The van der Waals surface area contributed by atoms with Crippen LogP contribution in [0.4, 0.5) is 0 Å². The molecule has 3 saturated carbocycles. The smallest absolute Gasteiger partial charge is 0.139 e. The summed E-state index contributed by atoms with van der Waals surface area (Å²) < 4.78 is 11.4. The van der Waals surface area contributed by atoms with E-state index in [0.29, 0.717) is 49.9 Å². The van der Waals surface area contributed by atoms with Gasteiger partial charge in [-0.1, -0.05) is 12.8 Å². The third-order valence-electron chi connectivity index (χ3n) is 12.3. The van der Waals surface area contributed by atoms with Gasteiger partial charge in [0, 0.05) is 38.9 Å². The Kier molecular flexibility index (Phi) is 11.4. The number of carbonyl (C=O) groups excluding carboxylic acids is 1. The Labute approximate surface area is 252 Å². The van der Waals surface area contributed by atoms with Crippen LogP contribution in [0.25, 0.3) is 0 Å². The molecule has 8 N–H and O–H groups in total. The second-order valence-electron chi connectivity index (χ2n) is 14.7. The molecule has 2 heterocycles. The molecule has 2 saturated heterocycles. The van der Waals surface area contributed by atoms with Gasteiger partial charge in [0.2, 0.25) is 0 Å². The Morgan fingerprint density at radius 1 is 1.02 bits per heavy atom. The van der Waals surface area contributed by atoms with Crippen LogP contribution in [0.15, 0.2) is 0 Å². The van der Waals surface area contributed by atoms with E-state index in [2.05, 4.69) is 5.32 Å². The lowest BCUT2D eigenvalue weighted by Crippen LogP contribution is -2.95. The maximum atomic E-state index is 14.4. The molecule has 12 atom stereocenters. The number of ether oxygens (including phenoxy) is 2. The van der Waals surface area contributed by atoms with Crippen LogP contribution in [0.5, 0.6) is 0 Å². The van der Waals surface area contributed by atoms with Crippen molar-refractivity contribution in [1.82, 2.24) is 0 Å². The molecule has 0 radical (unpaired) electrons. The number of aliphatic hydroxyl groups is 4. The summed E-state index contributed by atoms with van der Waals surface area (Å²) in [5, 5.41) is 45.5. The Morgan fingerprint density at radius 3 is 2.55 bits per heavy atom. The van der Waals surface area contributed by atoms with Gasteiger partial charge in [-0.05, 0) is 99.7 Å². The zero-order valence-electron chi connectivity index (χ0n) is 25.8. The predicted octanol–water partition coefficient (Wildman–Crippen LogP) is 1.62. The van der Waals surface area contributed by atoms with Gasteiger partial charge in [0.25, 0.3) is 0 Å². The van der Waals surface area contributed by atoms with E-state index < -0.39 is 36.4 Å². The molecule has 5 fully saturated rings. The quantitative estimate of drug-likeness (QED) is 0.210. The SMILES string of the molecule is COC1CC(CCC(=O)C(C(O)CCC2CCC(O)C3OCCCC23)C2(C3CC[NH2+]C(N)C3)CCCC2)CC(O)C1O. The van der Waals surface area contributed by atoms with E-state index in [1.54, 1.807) is 7.11 Å². The Morgan fingerprint density at radius 2 is 1.81 bits per heavy atom. The van der Waals surface area contributed by atoms with Crippen molar-refractivity contribution in [2.45, 2.75) is 146 Å². The van der Waals surface area contributed by atoms with Gasteiger partial charge in [-0.15, -0.1) is 0 Å². The van der Waals surface area contributed by atoms with Crippen molar-refractivity contribution in [3.05, 3.63) is 0 Å². The molecule has 12 unspecified atom stereocenters. The predicted molar refractivity (Wildman–Crippen MR) is 158 cm³/mol. The maximum absolute atomic E-state index is 14.4. The molecule has 0 aromatic rings. The minimum atomic E-state index is -0.888.